The van der Waals surface area contributed by atoms with Gasteiger partial charge < -0.3 is 14.7 Å². The van der Waals surface area contributed by atoms with Gasteiger partial charge in [-0.15, -0.1) is 0 Å². The molecule has 2 unspecified atom stereocenters. The molecule has 6 nitrogen and oxygen atoms in total. The largest absolute Gasteiger partial charge is 1.00 e. The number of rotatable bonds is 2. The van der Waals surface area contributed by atoms with Crippen LogP contribution in [0.15, 0.2) is 0 Å². The van der Waals surface area contributed by atoms with Crippen molar-refractivity contribution in [2.24, 2.45) is 0 Å². The fraction of sp³-hybridized carbons (Fsp3) is 0. The average Bonchev–Trinajstić information content (AvgIpc) is 1.14. The SMILES string of the molecule is O=P([O-])(O)OP(=O)([O-])Cl.[Na+].[Na+]. The Kier molecular flexibility index (Phi) is 12.2. The number of halogens is 1. The summed E-state index contributed by atoms with van der Waals surface area (Å²) in [4.78, 5) is 26.9. The molecule has 0 aromatic rings. The van der Waals surface area contributed by atoms with E-state index in [0.717, 1.165) is 0 Å². The molecule has 0 saturated heterocycles. The fourth-order valence-electron chi connectivity index (χ4n) is 0.123. The summed E-state index contributed by atoms with van der Waals surface area (Å²) in [5, 5.41) is 0. The minimum Gasteiger partial charge on any atom is -0.766 e. The Balaban J connectivity index is -0.000000320. The van der Waals surface area contributed by atoms with Gasteiger partial charge in [0.1, 0.15) is 0 Å². The van der Waals surface area contributed by atoms with Gasteiger partial charge in [0, 0.05) is 0 Å². The van der Waals surface area contributed by atoms with Crippen molar-refractivity contribution in [3.8, 4) is 0 Å². The second-order valence-electron chi connectivity index (χ2n) is 0.981. The minimum absolute atomic E-state index is 0. The van der Waals surface area contributed by atoms with Crippen LogP contribution in [0.1, 0.15) is 0 Å². The molecule has 0 aliphatic carbocycles. The van der Waals surface area contributed by atoms with E-state index < -0.39 is 14.8 Å². The topological polar surface area (TPSA) is 110 Å². The van der Waals surface area contributed by atoms with Crippen LogP contribution in [0, 0.1) is 0 Å². The van der Waals surface area contributed by atoms with E-state index in [9.17, 15) is 18.9 Å². The van der Waals surface area contributed by atoms with Crippen LogP contribution in [0.3, 0.4) is 0 Å². The Labute approximate surface area is 112 Å². The molecule has 0 aromatic carbocycles. The van der Waals surface area contributed by atoms with Crippen LogP contribution in [0.4, 0.5) is 0 Å². The fourth-order valence-corrected chi connectivity index (χ4v) is 1.81. The summed E-state index contributed by atoms with van der Waals surface area (Å²) in [5.74, 6) is 0. The Morgan fingerprint density at radius 2 is 1.55 bits per heavy atom. The first-order valence-electron chi connectivity index (χ1n) is 1.46. The molecule has 0 aliphatic rings. The van der Waals surface area contributed by atoms with Crippen molar-refractivity contribution in [1.82, 2.24) is 0 Å². The van der Waals surface area contributed by atoms with E-state index in [1.54, 1.807) is 0 Å². The van der Waals surface area contributed by atoms with E-state index in [2.05, 4.69) is 15.6 Å². The first-order chi connectivity index (χ1) is 3.71. The van der Waals surface area contributed by atoms with Gasteiger partial charge in [0.15, 0.2) is 0 Å². The van der Waals surface area contributed by atoms with Crippen LogP contribution in [-0.4, -0.2) is 4.89 Å². The summed E-state index contributed by atoms with van der Waals surface area (Å²) in [6, 6.07) is 0. The summed E-state index contributed by atoms with van der Waals surface area (Å²) in [5.41, 5.74) is 0. The monoisotopic (exact) mass is 240 g/mol. The molecule has 1 N–H and O–H groups in total. The predicted molar refractivity (Wildman–Crippen MR) is 24.4 cm³/mol. The average molecular weight is 240 g/mol. The molecular weight excluding hydrogens is 239 g/mol. The molecule has 11 heteroatoms. The second-order valence-corrected chi connectivity index (χ2v) is 4.67. The van der Waals surface area contributed by atoms with Crippen LogP contribution in [0.2, 0.25) is 0 Å². The van der Waals surface area contributed by atoms with Gasteiger partial charge in [-0.2, -0.15) is 0 Å². The van der Waals surface area contributed by atoms with E-state index >= 15 is 0 Å². The molecule has 0 aliphatic heterocycles. The van der Waals surface area contributed by atoms with Crippen LogP contribution < -0.4 is 68.9 Å². The molecular formula is HClNa2O6P2. The Bertz CT molecular complexity index is 159. The maximum absolute atomic E-state index is 9.69. The molecule has 2 atom stereocenters. The van der Waals surface area contributed by atoms with Gasteiger partial charge in [0.2, 0.25) is 6.95 Å². The van der Waals surface area contributed by atoms with Crippen LogP contribution in [0.25, 0.3) is 0 Å². The van der Waals surface area contributed by atoms with Crippen molar-refractivity contribution < 1.29 is 87.2 Å². The third kappa shape index (κ3) is 19.1. The number of hydrogen-bond acceptors (Lipinski definition) is 5. The summed E-state index contributed by atoms with van der Waals surface area (Å²) in [6.07, 6.45) is 0. The molecule has 0 heterocycles. The first kappa shape index (κ1) is 19.2. The zero-order valence-corrected chi connectivity index (χ0v) is 12.3. The Morgan fingerprint density at radius 3 is 1.55 bits per heavy atom. The maximum atomic E-state index is 9.69. The first-order valence-corrected chi connectivity index (χ1v) is 5.41. The van der Waals surface area contributed by atoms with Crippen LogP contribution in [-0.2, 0) is 13.4 Å². The summed E-state index contributed by atoms with van der Waals surface area (Å²) in [7, 11) is -5.24. The van der Waals surface area contributed by atoms with Gasteiger partial charge >= 0.3 is 59.1 Å². The van der Waals surface area contributed by atoms with E-state index in [4.69, 9.17) is 4.89 Å². The molecule has 56 valence electrons. The maximum Gasteiger partial charge on any atom is 1.00 e. The molecule has 11 heavy (non-hydrogen) atoms. The van der Waals surface area contributed by atoms with Crippen molar-refractivity contribution >= 4 is 26.0 Å². The zero-order chi connectivity index (χ0) is 7.71. The van der Waals surface area contributed by atoms with Crippen LogP contribution in [0.5, 0.6) is 0 Å². The summed E-state index contributed by atoms with van der Waals surface area (Å²) < 4.78 is 22.2. The number of hydrogen-bond donors (Lipinski definition) is 1. The van der Waals surface area contributed by atoms with E-state index in [1.807, 2.05) is 0 Å². The van der Waals surface area contributed by atoms with Gasteiger partial charge in [-0.05, 0) is 11.2 Å². The molecule has 0 fully saturated rings. The van der Waals surface area contributed by atoms with Crippen molar-refractivity contribution in [2.45, 2.75) is 0 Å². The van der Waals surface area contributed by atoms with E-state index in [-0.39, 0.29) is 59.1 Å². The van der Waals surface area contributed by atoms with Crippen molar-refractivity contribution in [2.75, 3.05) is 0 Å². The smallest absolute Gasteiger partial charge is 0.766 e. The third-order valence-corrected chi connectivity index (χ3v) is 2.36. The molecule has 0 rings (SSSR count). The normalized spacial score (nSPS) is 20.0. The molecule has 0 aromatic heterocycles. The van der Waals surface area contributed by atoms with Gasteiger partial charge in [-0.25, -0.2) is 0 Å². The molecule has 0 saturated carbocycles. The Morgan fingerprint density at radius 1 is 1.27 bits per heavy atom. The second kappa shape index (κ2) is 6.96. The van der Waals surface area contributed by atoms with E-state index in [0.29, 0.717) is 0 Å². The van der Waals surface area contributed by atoms with Gasteiger partial charge in [0.25, 0.3) is 7.82 Å². The van der Waals surface area contributed by atoms with Gasteiger partial charge in [-0.3, -0.25) is 13.4 Å². The summed E-state index contributed by atoms with van der Waals surface area (Å²) in [6.45, 7) is -4.89. The van der Waals surface area contributed by atoms with Crippen LogP contribution >= 0.6 is 26.0 Å². The molecule has 0 amide bonds. The van der Waals surface area contributed by atoms with Crippen molar-refractivity contribution in [3.63, 3.8) is 0 Å². The van der Waals surface area contributed by atoms with Crippen molar-refractivity contribution in [1.29, 1.82) is 0 Å². The van der Waals surface area contributed by atoms with Crippen molar-refractivity contribution in [3.05, 3.63) is 0 Å². The predicted octanol–water partition coefficient (Wildman–Crippen LogP) is -6.82. The molecule has 0 radical (unpaired) electrons. The summed E-state index contributed by atoms with van der Waals surface area (Å²) >= 11 is 4.26. The molecule has 0 bridgehead atoms. The Hall–Kier alpha value is 2.59. The van der Waals surface area contributed by atoms with Gasteiger partial charge in [-0.1, -0.05) is 0 Å². The zero-order valence-electron chi connectivity index (χ0n) is 5.76. The minimum atomic E-state index is -5.24. The quantitative estimate of drug-likeness (QED) is 0.379. The van der Waals surface area contributed by atoms with E-state index in [1.165, 1.54) is 0 Å². The molecule has 0 spiro atoms. The standard InChI is InChI=1S/ClH3O6P2.2Na/c1-8(2,3)7-9(4,5)6;;/h(H,2,3)(H2,4,5,6);;/q;2*+1/p-2. The number of phosphoric acid groups is 1. The van der Waals surface area contributed by atoms with Gasteiger partial charge in [0.05, 0.1) is 0 Å². The third-order valence-electron chi connectivity index (χ3n) is 0.201.